The molecule has 0 bridgehead atoms. The summed E-state index contributed by atoms with van der Waals surface area (Å²) in [6.07, 6.45) is 0.0932. The average Bonchev–Trinajstić information content (AvgIpc) is 2.74. The van der Waals surface area contributed by atoms with E-state index in [2.05, 4.69) is 10.3 Å². The predicted octanol–water partition coefficient (Wildman–Crippen LogP) is 2.98. The highest BCUT2D eigenvalue weighted by Gasteiger charge is 2.16. The number of nitrogens with one attached hydrogen (secondary N) is 1. The summed E-state index contributed by atoms with van der Waals surface area (Å²) >= 11 is 7.29. The molecule has 0 atom stereocenters. The molecular formula is C13H11ClN2O3S. The molecule has 2 N–H and O–H groups in total. The first-order valence-electron chi connectivity index (χ1n) is 5.70. The first-order chi connectivity index (χ1) is 9.47. The summed E-state index contributed by atoms with van der Waals surface area (Å²) in [6, 6.07) is 4.54. The van der Waals surface area contributed by atoms with Crippen LogP contribution in [0.4, 0.5) is 5.69 Å². The molecule has 0 fully saturated rings. The van der Waals surface area contributed by atoms with Gasteiger partial charge in [-0.15, -0.1) is 11.3 Å². The normalized spacial score (nSPS) is 10.3. The summed E-state index contributed by atoms with van der Waals surface area (Å²) in [5.74, 6) is -1.52. The minimum atomic E-state index is -1.18. The van der Waals surface area contributed by atoms with Gasteiger partial charge in [0.25, 0.3) is 0 Å². The fraction of sp³-hybridized carbons (Fsp3) is 0.154. The molecule has 0 aliphatic carbocycles. The van der Waals surface area contributed by atoms with Crippen molar-refractivity contribution < 1.29 is 14.7 Å². The Hall–Kier alpha value is -1.92. The fourth-order valence-electron chi connectivity index (χ4n) is 1.69. The van der Waals surface area contributed by atoms with E-state index in [4.69, 9.17) is 16.7 Å². The Balaban J connectivity index is 2.16. The number of hydrogen-bond donors (Lipinski definition) is 2. The molecule has 20 heavy (non-hydrogen) atoms. The number of anilines is 1. The maximum Gasteiger partial charge on any atom is 0.339 e. The van der Waals surface area contributed by atoms with Crippen LogP contribution in [0, 0.1) is 6.92 Å². The van der Waals surface area contributed by atoms with Crippen LogP contribution in [0.3, 0.4) is 0 Å². The van der Waals surface area contributed by atoms with Crippen LogP contribution in [0.2, 0.25) is 5.02 Å². The van der Waals surface area contributed by atoms with Crippen molar-refractivity contribution in [3.8, 4) is 0 Å². The highest BCUT2D eigenvalue weighted by molar-refractivity contribution is 7.09. The molecule has 0 aliphatic heterocycles. The zero-order valence-corrected chi connectivity index (χ0v) is 12.1. The van der Waals surface area contributed by atoms with Crippen molar-refractivity contribution >= 4 is 40.5 Å². The number of carboxylic acid groups (broad SMARTS) is 1. The lowest BCUT2D eigenvalue weighted by molar-refractivity contribution is -0.115. The topological polar surface area (TPSA) is 79.3 Å². The van der Waals surface area contributed by atoms with Gasteiger partial charge in [-0.25, -0.2) is 9.78 Å². The smallest absolute Gasteiger partial charge is 0.339 e. The van der Waals surface area contributed by atoms with Crippen LogP contribution in [-0.4, -0.2) is 22.0 Å². The molecule has 0 unspecified atom stereocenters. The van der Waals surface area contributed by atoms with Crippen molar-refractivity contribution in [1.29, 1.82) is 0 Å². The fourth-order valence-corrected chi connectivity index (χ4v) is 2.56. The van der Waals surface area contributed by atoms with Crippen molar-refractivity contribution in [1.82, 2.24) is 4.98 Å². The Bertz CT molecular complexity index is 669. The zero-order chi connectivity index (χ0) is 14.7. The SMILES string of the molecule is Cc1nc(CC(=O)Nc2cccc(Cl)c2C(=O)O)cs1. The molecule has 2 aromatic rings. The van der Waals surface area contributed by atoms with E-state index in [-0.39, 0.29) is 28.6 Å². The molecule has 2 rings (SSSR count). The number of benzene rings is 1. The lowest BCUT2D eigenvalue weighted by Gasteiger charge is -2.09. The largest absolute Gasteiger partial charge is 0.478 e. The Labute approximate surface area is 124 Å². The number of carbonyl (C=O) groups is 2. The number of nitrogens with zero attached hydrogens (tertiary/aromatic N) is 1. The Morgan fingerprint density at radius 2 is 2.20 bits per heavy atom. The number of thiazole rings is 1. The second-order valence-electron chi connectivity index (χ2n) is 4.05. The van der Waals surface area contributed by atoms with E-state index >= 15 is 0 Å². The van der Waals surface area contributed by atoms with Gasteiger partial charge in [0.05, 0.1) is 27.8 Å². The summed E-state index contributed by atoms with van der Waals surface area (Å²) in [5, 5.41) is 14.4. The van der Waals surface area contributed by atoms with Gasteiger partial charge < -0.3 is 10.4 Å². The van der Waals surface area contributed by atoms with E-state index in [0.29, 0.717) is 5.69 Å². The molecule has 0 aliphatic rings. The van der Waals surface area contributed by atoms with Crippen LogP contribution in [-0.2, 0) is 11.2 Å². The molecule has 1 aromatic carbocycles. The van der Waals surface area contributed by atoms with E-state index in [9.17, 15) is 9.59 Å². The third kappa shape index (κ3) is 3.34. The predicted molar refractivity (Wildman–Crippen MR) is 77.6 cm³/mol. The highest BCUT2D eigenvalue weighted by Crippen LogP contribution is 2.24. The second kappa shape index (κ2) is 6.02. The van der Waals surface area contributed by atoms with Gasteiger partial charge >= 0.3 is 5.97 Å². The van der Waals surface area contributed by atoms with Crippen LogP contribution in [0.15, 0.2) is 23.6 Å². The van der Waals surface area contributed by atoms with Gasteiger partial charge in [-0.05, 0) is 19.1 Å². The van der Waals surface area contributed by atoms with Crippen molar-refractivity contribution in [3.63, 3.8) is 0 Å². The van der Waals surface area contributed by atoms with Crippen LogP contribution >= 0.6 is 22.9 Å². The number of amides is 1. The Morgan fingerprint density at radius 1 is 1.45 bits per heavy atom. The lowest BCUT2D eigenvalue weighted by atomic mass is 10.1. The van der Waals surface area contributed by atoms with Crippen molar-refractivity contribution in [3.05, 3.63) is 44.9 Å². The van der Waals surface area contributed by atoms with Crippen LogP contribution in [0.1, 0.15) is 21.1 Å². The number of halogens is 1. The van der Waals surface area contributed by atoms with Gasteiger partial charge in [0.15, 0.2) is 0 Å². The number of aryl methyl sites for hydroxylation is 1. The van der Waals surface area contributed by atoms with Crippen molar-refractivity contribution in [2.45, 2.75) is 13.3 Å². The molecule has 7 heteroatoms. The molecule has 1 heterocycles. The van der Waals surface area contributed by atoms with Gasteiger partial charge in [0.1, 0.15) is 5.56 Å². The summed E-state index contributed by atoms with van der Waals surface area (Å²) in [6.45, 7) is 1.85. The molecule has 1 aromatic heterocycles. The first-order valence-corrected chi connectivity index (χ1v) is 6.96. The zero-order valence-electron chi connectivity index (χ0n) is 10.5. The number of carboxylic acids is 1. The van der Waals surface area contributed by atoms with Gasteiger partial charge in [0, 0.05) is 5.38 Å². The molecule has 1 amide bonds. The van der Waals surface area contributed by atoms with Gasteiger partial charge in [-0.3, -0.25) is 4.79 Å². The minimum absolute atomic E-state index is 0.0832. The quantitative estimate of drug-likeness (QED) is 0.910. The number of carbonyl (C=O) groups excluding carboxylic acids is 1. The van der Waals surface area contributed by atoms with Gasteiger partial charge in [-0.1, -0.05) is 17.7 Å². The van der Waals surface area contributed by atoms with E-state index < -0.39 is 5.97 Å². The summed E-state index contributed by atoms with van der Waals surface area (Å²) in [7, 11) is 0. The maximum atomic E-state index is 11.9. The van der Waals surface area contributed by atoms with E-state index in [0.717, 1.165) is 5.01 Å². The highest BCUT2D eigenvalue weighted by atomic mass is 35.5. The van der Waals surface area contributed by atoms with Crippen molar-refractivity contribution in [2.24, 2.45) is 0 Å². The maximum absolute atomic E-state index is 11.9. The Kier molecular flexibility index (Phi) is 4.36. The molecule has 5 nitrogen and oxygen atoms in total. The van der Waals surface area contributed by atoms with E-state index in [1.54, 1.807) is 11.4 Å². The number of aromatic nitrogens is 1. The van der Waals surface area contributed by atoms with Crippen LogP contribution in [0.25, 0.3) is 0 Å². The molecule has 0 spiro atoms. The summed E-state index contributed by atoms with van der Waals surface area (Å²) in [4.78, 5) is 27.2. The van der Waals surface area contributed by atoms with Crippen LogP contribution in [0.5, 0.6) is 0 Å². The number of aromatic carboxylic acids is 1. The Morgan fingerprint density at radius 3 is 2.80 bits per heavy atom. The minimum Gasteiger partial charge on any atom is -0.478 e. The lowest BCUT2D eigenvalue weighted by Crippen LogP contribution is -2.17. The molecule has 0 radical (unpaired) electrons. The van der Waals surface area contributed by atoms with Crippen LogP contribution < -0.4 is 5.32 Å². The molecule has 104 valence electrons. The second-order valence-corrected chi connectivity index (χ2v) is 5.52. The molecule has 0 saturated heterocycles. The van der Waals surface area contributed by atoms with Gasteiger partial charge in [-0.2, -0.15) is 0 Å². The van der Waals surface area contributed by atoms with E-state index in [1.165, 1.54) is 23.5 Å². The summed E-state index contributed by atoms with van der Waals surface area (Å²) in [5.41, 5.74) is 0.725. The molecular weight excluding hydrogens is 300 g/mol. The standard InChI is InChI=1S/C13H11ClN2O3S/c1-7-15-8(6-20-7)5-11(17)16-10-4-2-3-9(14)12(10)13(18)19/h2-4,6H,5H2,1H3,(H,16,17)(H,18,19). The third-order valence-electron chi connectivity index (χ3n) is 2.51. The third-order valence-corrected chi connectivity index (χ3v) is 3.65. The monoisotopic (exact) mass is 310 g/mol. The van der Waals surface area contributed by atoms with Gasteiger partial charge in [0.2, 0.25) is 5.91 Å². The summed E-state index contributed by atoms with van der Waals surface area (Å²) < 4.78 is 0. The van der Waals surface area contributed by atoms with E-state index in [1.807, 2.05) is 6.92 Å². The average molecular weight is 311 g/mol. The first kappa shape index (κ1) is 14.5. The number of hydrogen-bond acceptors (Lipinski definition) is 4. The molecule has 0 saturated carbocycles. The van der Waals surface area contributed by atoms with Crippen molar-refractivity contribution in [2.75, 3.05) is 5.32 Å². The number of rotatable bonds is 4.